The molecule has 1 aromatic heterocycles. The van der Waals surface area contributed by atoms with E-state index in [1.165, 1.54) is 10.9 Å². The summed E-state index contributed by atoms with van der Waals surface area (Å²) in [6, 6.07) is 9.52. The first-order valence-electron chi connectivity index (χ1n) is 7.20. The van der Waals surface area contributed by atoms with Gasteiger partial charge in [-0.2, -0.15) is 5.10 Å². The van der Waals surface area contributed by atoms with Crippen LogP contribution in [-0.2, 0) is 16.6 Å². The lowest BCUT2D eigenvalue weighted by Crippen LogP contribution is -2.14. The maximum atomic E-state index is 13.0. The molecule has 0 amide bonds. The number of rotatable bonds is 5. The van der Waals surface area contributed by atoms with Gasteiger partial charge < -0.3 is 0 Å². The van der Waals surface area contributed by atoms with Crippen molar-refractivity contribution in [3.05, 3.63) is 75.1 Å². The molecule has 2 aromatic carbocycles. The van der Waals surface area contributed by atoms with E-state index in [-0.39, 0.29) is 15.7 Å². The molecule has 5 nitrogen and oxygen atoms in total. The second kappa shape index (κ2) is 7.44. The minimum absolute atomic E-state index is 0.0314. The Morgan fingerprint density at radius 2 is 1.69 bits per heavy atom. The Kier molecular flexibility index (Phi) is 5.43. The molecule has 26 heavy (non-hydrogen) atoms. The molecule has 1 heterocycles. The van der Waals surface area contributed by atoms with Crippen LogP contribution in [0.1, 0.15) is 5.56 Å². The Morgan fingerprint density at radius 1 is 1.00 bits per heavy atom. The van der Waals surface area contributed by atoms with Crippen molar-refractivity contribution < 1.29 is 12.8 Å². The maximum Gasteiger partial charge on any atom is 0.263 e. The van der Waals surface area contributed by atoms with Gasteiger partial charge in [-0.15, -0.1) is 0 Å². The maximum absolute atomic E-state index is 13.0. The summed E-state index contributed by atoms with van der Waals surface area (Å²) in [5.74, 6) is -0.566. The smallest absolute Gasteiger partial charge is 0.263 e. The molecule has 0 spiro atoms. The van der Waals surface area contributed by atoms with E-state index in [1.54, 1.807) is 18.2 Å². The van der Waals surface area contributed by atoms with Gasteiger partial charge in [-0.1, -0.05) is 40.9 Å². The summed E-state index contributed by atoms with van der Waals surface area (Å²) in [6.45, 7) is 0.314. The molecule has 0 saturated carbocycles. The van der Waals surface area contributed by atoms with Gasteiger partial charge in [0.15, 0.2) is 5.82 Å². The van der Waals surface area contributed by atoms with Crippen LogP contribution < -0.4 is 4.72 Å². The minimum atomic E-state index is -3.94. The van der Waals surface area contributed by atoms with Crippen LogP contribution in [0.5, 0.6) is 0 Å². The van der Waals surface area contributed by atoms with Crippen LogP contribution in [-0.4, -0.2) is 18.2 Å². The van der Waals surface area contributed by atoms with Gasteiger partial charge in [-0.25, -0.2) is 12.8 Å². The van der Waals surface area contributed by atoms with Gasteiger partial charge in [0.1, 0.15) is 10.8 Å². The minimum Gasteiger partial charge on any atom is -0.265 e. The predicted octanol–water partition coefficient (Wildman–Crippen LogP) is 4.83. The van der Waals surface area contributed by atoms with E-state index >= 15 is 0 Å². The van der Waals surface area contributed by atoms with E-state index in [1.807, 2.05) is 0 Å². The molecule has 1 N–H and O–H groups in total. The van der Waals surface area contributed by atoms with Gasteiger partial charge in [-0.3, -0.25) is 9.40 Å². The lowest BCUT2D eigenvalue weighted by Gasteiger charge is -2.06. The van der Waals surface area contributed by atoms with Crippen LogP contribution in [0.25, 0.3) is 0 Å². The largest absolute Gasteiger partial charge is 0.265 e. The van der Waals surface area contributed by atoms with Crippen LogP contribution in [0, 0.1) is 5.82 Å². The molecule has 3 aromatic rings. The Hall–Kier alpha value is -1.80. The predicted molar refractivity (Wildman–Crippen MR) is 100 cm³/mol. The molecule has 3 rings (SSSR count). The van der Waals surface area contributed by atoms with Gasteiger partial charge in [0.2, 0.25) is 0 Å². The fourth-order valence-corrected chi connectivity index (χ4v) is 3.76. The van der Waals surface area contributed by atoms with Crippen molar-refractivity contribution in [2.45, 2.75) is 11.4 Å². The highest BCUT2D eigenvalue weighted by Crippen LogP contribution is 2.25. The second-order valence-corrected chi connectivity index (χ2v) is 8.24. The molecule has 0 radical (unpaired) electrons. The Balaban J connectivity index is 1.81. The summed E-state index contributed by atoms with van der Waals surface area (Å²) in [6.07, 6.45) is 1.48. The number of sulfonamides is 1. The van der Waals surface area contributed by atoms with Crippen LogP contribution in [0.4, 0.5) is 10.2 Å². The summed E-state index contributed by atoms with van der Waals surface area (Å²) in [5, 5.41) is 5.09. The SMILES string of the molecule is O=S(=O)(Nc1nn(Cc2ccc(Cl)c(Cl)c2)cc1Cl)c1ccc(F)cc1. The van der Waals surface area contributed by atoms with Gasteiger partial charge in [0, 0.05) is 6.20 Å². The molecule has 0 aliphatic rings. The summed E-state index contributed by atoms with van der Waals surface area (Å²) in [7, 11) is -3.94. The Labute approximate surface area is 164 Å². The summed E-state index contributed by atoms with van der Waals surface area (Å²) >= 11 is 17.9. The zero-order valence-electron chi connectivity index (χ0n) is 13.0. The molecular weight excluding hydrogens is 424 g/mol. The first-order chi connectivity index (χ1) is 12.2. The third-order valence-electron chi connectivity index (χ3n) is 3.40. The van der Waals surface area contributed by atoms with Crippen molar-refractivity contribution in [1.29, 1.82) is 0 Å². The van der Waals surface area contributed by atoms with Crippen LogP contribution in [0.3, 0.4) is 0 Å². The molecule has 0 aliphatic heterocycles. The number of hydrogen-bond acceptors (Lipinski definition) is 3. The number of nitrogens with one attached hydrogen (secondary N) is 1. The standard InChI is InChI=1S/C16H11Cl3FN3O2S/c17-13-6-1-10(7-14(13)18)8-23-9-15(19)16(21-23)22-26(24,25)12-4-2-11(20)3-5-12/h1-7,9H,8H2,(H,21,22). The topological polar surface area (TPSA) is 64.0 Å². The Bertz CT molecular complexity index is 1050. The quantitative estimate of drug-likeness (QED) is 0.625. The van der Waals surface area contributed by atoms with Crippen molar-refractivity contribution >= 4 is 50.6 Å². The van der Waals surface area contributed by atoms with Crippen molar-refractivity contribution in [1.82, 2.24) is 9.78 Å². The molecule has 0 aliphatic carbocycles. The van der Waals surface area contributed by atoms with Gasteiger partial charge >= 0.3 is 0 Å². The van der Waals surface area contributed by atoms with E-state index in [0.29, 0.717) is 16.6 Å². The lowest BCUT2D eigenvalue weighted by atomic mass is 10.2. The van der Waals surface area contributed by atoms with Crippen LogP contribution >= 0.6 is 34.8 Å². The van der Waals surface area contributed by atoms with Crippen molar-refractivity contribution in [3.8, 4) is 0 Å². The summed E-state index contributed by atoms with van der Waals surface area (Å²) < 4.78 is 41.4. The highest BCUT2D eigenvalue weighted by molar-refractivity contribution is 7.92. The summed E-state index contributed by atoms with van der Waals surface area (Å²) in [5.41, 5.74) is 0.812. The fourth-order valence-electron chi connectivity index (χ4n) is 2.17. The van der Waals surface area contributed by atoms with Crippen molar-refractivity contribution in [2.75, 3.05) is 4.72 Å². The van der Waals surface area contributed by atoms with Crippen LogP contribution in [0.2, 0.25) is 15.1 Å². The average molecular weight is 435 g/mol. The number of aromatic nitrogens is 2. The number of hydrogen-bond donors (Lipinski definition) is 1. The average Bonchev–Trinajstić information content (AvgIpc) is 2.90. The Morgan fingerprint density at radius 3 is 2.35 bits per heavy atom. The molecule has 0 bridgehead atoms. The number of benzene rings is 2. The lowest BCUT2D eigenvalue weighted by molar-refractivity contribution is 0.599. The third-order valence-corrected chi connectivity index (χ3v) is 5.77. The zero-order valence-corrected chi connectivity index (χ0v) is 16.0. The molecule has 0 saturated heterocycles. The molecule has 136 valence electrons. The molecule has 0 atom stereocenters. The van der Waals surface area contributed by atoms with Crippen LogP contribution in [0.15, 0.2) is 53.6 Å². The third kappa shape index (κ3) is 4.29. The van der Waals surface area contributed by atoms with Crippen molar-refractivity contribution in [3.63, 3.8) is 0 Å². The molecular formula is C16H11Cl3FN3O2S. The first kappa shape index (κ1) is 19.0. The highest BCUT2D eigenvalue weighted by Gasteiger charge is 2.18. The fraction of sp³-hybridized carbons (Fsp3) is 0.0625. The normalized spacial score (nSPS) is 11.5. The molecule has 10 heteroatoms. The monoisotopic (exact) mass is 433 g/mol. The van der Waals surface area contributed by atoms with Gasteiger partial charge in [-0.05, 0) is 42.0 Å². The number of anilines is 1. The molecule has 0 unspecified atom stereocenters. The molecule has 0 fully saturated rings. The number of halogens is 4. The van der Waals surface area contributed by atoms with Crippen molar-refractivity contribution in [2.24, 2.45) is 0 Å². The van der Waals surface area contributed by atoms with E-state index < -0.39 is 15.8 Å². The van der Waals surface area contributed by atoms with Gasteiger partial charge in [0.25, 0.3) is 10.0 Å². The zero-order chi connectivity index (χ0) is 18.9. The van der Waals surface area contributed by atoms with E-state index in [0.717, 1.165) is 29.8 Å². The van der Waals surface area contributed by atoms with E-state index in [2.05, 4.69) is 9.82 Å². The number of nitrogens with zero attached hydrogens (tertiary/aromatic N) is 2. The van der Waals surface area contributed by atoms with E-state index in [9.17, 15) is 12.8 Å². The second-order valence-electron chi connectivity index (χ2n) is 5.33. The summed E-state index contributed by atoms with van der Waals surface area (Å²) in [4.78, 5) is -0.103. The first-order valence-corrected chi connectivity index (χ1v) is 9.81. The highest BCUT2D eigenvalue weighted by atomic mass is 35.5. The van der Waals surface area contributed by atoms with Gasteiger partial charge in [0.05, 0.1) is 21.5 Å². The van der Waals surface area contributed by atoms with E-state index in [4.69, 9.17) is 34.8 Å².